The molecule has 0 saturated heterocycles. The molecule has 0 spiro atoms. The first-order valence-electron chi connectivity index (χ1n) is 12.4. The molecule has 17 heteroatoms. The number of carboxylic acid groups (broad SMARTS) is 1. The Bertz CT molecular complexity index is 1760. The number of rotatable bonds is 6. The highest BCUT2D eigenvalue weighted by Crippen LogP contribution is 2.38. The maximum Gasteiger partial charge on any atom is 0.354 e. The van der Waals surface area contributed by atoms with Crippen LogP contribution in [0.2, 0.25) is 0 Å². The number of sulfonamides is 2. The Hall–Kier alpha value is -4.09. The summed E-state index contributed by atoms with van der Waals surface area (Å²) < 4.78 is 50.6. The average molecular weight is 608 g/mol. The summed E-state index contributed by atoms with van der Waals surface area (Å²) in [7, 11) is -5.33. The van der Waals surface area contributed by atoms with E-state index in [9.17, 15) is 31.2 Å². The molecular weight excluding hydrogens is 578 g/mol. The van der Waals surface area contributed by atoms with Crippen molar-refractivity contribution >= 4 is 43.5 Å². The van der Waals surface area contributed by atoms with Crippen molar-refractivity contribution in [3.8, 4) is 0 Å². The fourth-order valence-electron chi connectivity index (χ4n) is 4.96. The van der Waals surface area contributed by atoms with Crippen molar-refractivity contribution in [2.45, 2.75) is 55.5 Å². The number of primary sulfonamides is 1. The Morgan fingerprint density at radius 2 is 1.37 bits per heavy atom. The third-order valence-electron chi connectivity index (χ3n) is 6.80. The monoisotopic (exact) mass is 607 g/mol. The first-order chi connectivity index (χ1) is 19.1. The number of carbonyl (C=O) groups excluding carboxylic acids is 2. The number of urea groups is 1. The number of carboxylic acids is 1. The second kappa shape index (κ2) is 11.1. The molecule has 41 heavy (non-hydrogen) atoms. The van der Waals surface area contributed by atoms with Gasteiger partial charge in [0, 0.05) is 38.8 Å². The third-order valence-corrected chi connectivity index (χ3v) is 8.79. The van der Waals surface area contributed by atoms with Crippen LogP contribution in [0.15, 0.2) is 28.3 Å². The molecule has 0 bridgehead atoms. The quantitative estimate of drug-likeness (QED) is 0.289. The minimum absolute atomic E-state index is 0.212. The molecule has 0 saturated carbocycles. The summed E-state index contributed by atoms with van der Waals surface area (Å²) in [6.07, 6.45) is 5.66. The number of nitrogens with two attached hydrogens (primary N) is 1. The van der Waals surface area contributed by atoms with E-state index in [4.69, 9.17) is 10.2 Å². The zero-order chi connectivity index (χ0) is 30.3. The Labute approximate surface area is 235 Å². The largest absolute Gasteiger partial charge is 0.477 e. The number of Topliss-reactive ketones (excluding diaryl/α,β-unsaturated/α-hetero) is 1. The molecule has 2 aromatic heterocycles. The summed E-state index contributed by atoms with van der Waals surface area (Å²) in [6.45, 7) is 1.32. The molecule has 2 heterocycles. The number of anilines is 1. The fraction of sp³-hybridized carbons (Fsp3) is 0.375. The number of aryl methyl sites for hydroxylation is 4. The van der Waals surface area contributed by atoms with Crippen molar-refractivity contribution in [1.82, 2.24) is 24.3 Å². The van der Waals surface area contributed by atoms with Gasteiger partial charge in [-0.1, -0.05) is 6.07 Å². The van der Waals surface area contributed by atoms with Gasteiger partial charge in [0.05, 0.1) is 0 Å². The number of hydrogen-bond acceptors (Lipinski definition) is 9. The third kappa shape index (κ3) is 6.31. The van der Waals surface area contributed by atoms with Crippen LogP contribution in [-0.4, -0.2) is 59.3 Å². The predicted molar refractivity (Wildman–Crippen MR) is 145 cm³/mol. The SMILES string of the molecule is CC(=O)c1cc(S(N)(=O)=O)nn1C.Cn1nc(S(=O)(=O)NC(=O)Nc2c3c(cc4c2CCC4)CCC3)cc1C(=O)O. The van der Waals surface area contributed by atoms with Crippen molar-refractivity contribution in [1.29, 1.82) is 0 Å². The molecule has 0 aliphatic heterocycles. The van der Waals surface area contributed by atoms with Gasteiger partial charge in [0.15, 0.2) is 15.8 Å². The molecule has 1 aromatic carbocycles. The van der Waals surface area contributed by atoms with Gasteiger partial charge in [-0.3, -0.25) is 14.2 Å². The number of carbonyl (C=O) groups is 3. The zero-order valence-electron chi connectivity index (χ0n) is 22.5. The van der Waals surface area contributed by atoms with E-state index < -0.39 is 37.1 Å². The van der Waals surface area contributed by atoms with Gasteiger partial charge in [-0.2, -0.15) is 18.6 Å². The zero-order valence-corrected chi connectivity index (χ0v) is 24.1. The van der Waals surface area contributed by atoms with E-state index in [0.29, 0.717) is 0 Å². The van der Waals surface area contributed by atoms with Crippen LogP contribution in [0, 0.1) is 0 Å². The predicted octanol–water partition coefficient (Wildman–Crippen LogP) is 0.876. The molecule has 0 fully saturated rings. The lowest BCUT2D eigenvalue weighted by molar-refractivity contribution is 0.0684. The lowest BCUT2D eigenvalue weighted by Gasteiger charge is -2.16. The number of nitrogens with zero attached hydrogens (tertiary/aromatic N) is 4. The van der Waals surface area contributed by atoms with E-state index in [1.807, 2.05) is 4.72 Å². The van der Waals surface area contributed by atoms with E-state index in [0.717, 1.165) is 72.2 Å². The van der Waals surface area contributed by atoms with Gasteiger partial charge in [0.2, 0.25) is 0 Å². The van der Waals surface area contributed by atoms with Crippen molar-refractivity contribution < 1.29 is 36.3 Å². The van der Waals surface area contributed by atoms with Gasteiger partial charge in [0.1, 0.15) is 11.4 Å². The van der Waals surface area contributed by atoms with Crippen LogP contribution < -0.4 is 15.2 Å². The lowest BCUT2D eigenvalue weighted by atomic mass is 9.99. The molecule has 0 radical (unpaired) electrons. The minimum Gasteiger partial charge on any atom is -0.477 e. The molecule has 220 valence electrons. The highest BCUT2D eigenvalue weighted by Gasteiger charge is 2.28. The van der Waals surface area contributed by atoms with E-state index >= 15 is 0 Å². The standard InChI is InChI=1S/C18H20N4O5S.C6H9N3O3S/c1-22-14(17(23)24)9-15(20-22)28(26,27)21-18(25)19-16-12-6-2-4-10(12)8-11-5-3-7-13(11)16;1-4(10)5-3-6(8-9(5)2)13(7,11)12/h8-9H,2-7H2,1H3,(H,23,24)(H2,19,21,25);3H,1-2H3,(H2,7,11,12). The molecule has 15 nitrogen and oxygen atoms in total. The van der Waals surface area contributed by atoms with E-state index in [2.05, 4.69) is 21.6 Å². The number of amides is 2. The molecule has 5 rings (SSSR count). The van der Waals surface area contributed by atoms with Gasteiger partial charge in [-0.15, -0.1) is 0 Å². The topological polar surface area (TPSA) is 225 Å². The van der Waals surface area contributed by atoms with Crippen LogP contribution in [0.25, 0.3) is 0 Å². The number of fused-ring (bicyclic) bond motifs is 2. The van der Waals surface area contributed by atoms with Crippen LogP contribution in [0.5, 0.6) is 0 Å². The van der Waals surface area contributed by atoms with Gasteiger partial charge < -0.3 is 10.4 Å². The van der Waals surface area contributed by atoms with Crippen LogP contribution in [-0.2, 0) is 59.8 Å². The normalized spacial score (nSPS) is 14.0. The van der Waals surface area contributed by atoms with E-state index in [-0.39, 0.29) is 22.2 Å². The lowest BCUT2D eigenvalue weighted by Crippen LogP contribution is -2.35. The number of ketones is 1. The molecule has 0 atom stereocenters. The summed E-state index contributed by atoms with van der Waals surface area (Å²) in [5, 5.41) is 23.1. The number of aromatic carboxylic acids is 1. The maximum atomic E-state index is 12.5. The Kier molecular flexibility index (Phi) is 8.06. The second-order valence-corrected chi connectivity index (χ2v) is 12.8. The van der Waals surface area contributed by atoms with E-state index in [1.54, 1.807) is 0 Å². The minimum atomic E-state index is -4.30. The Balaban J connectivity index is 0.000000251. The number of benzene rings is 1. The highest BCUT2D eigenvalue weighted by atomic mass is 32.2. The van der Waals surface area contributed by atoms with E-state index in [1.165, 1.54) is 36.8 Å². The van der Waals surface area contributed by atoms with Crippen molar-refractivity contribution in [2.24, 2.45) is 19.2 Å². The van der Waals surface area contributed by atoms with Crippen LogP contribution in [0.1, 0.15) is 63.0 Å². The molecule has 2 aliphatic rings. The summed E-state index contributed by atoms with van der Waals surface area (Å²) in [5.74, 6) is -1.57. The first kappa shape index (κ1) is 29.9. The fourth-order valence-corrected chi connectivity index (χ4v) is 6.37. The number of aromatic nitrogens is 4. The number of hydrogen-bond donors (Lipinski definition) is 4. The molecule has 3 aromatic rings. The van der Waals surface area contributed by atoms with Gasteiger partial charge in [-0.25, -0.2) is 27.9 Å². The molecule has 2 aliphatic carbocycles. The number of nitrogens with one attached hydrogen (secondary N) is 2. The second-order valence-electron chi connectivity index (χ2n) is 9.68. The highest BCUT2D eigenvalue weighted by molar-refractivity contribution is 7.90. The summed E-state index contributed by atoms with van der Waals surface area (Å²) in [5.41, 5.74) is 5.24. The van der Waals surface area contributed by atoms with Crippen LogP contribution in [0.4, 0.5) is 10.5 Å². The van der Waals surface area contributed by atoms with Crippen LogP contribution in [0.3, 0.4) is 0 Å². The van der Waals surface area contributed by atoms with Gasteiger partial charge >= 0.3 is 12.0 Å². The molecule has 0 unspecified atom stereocenters. The Morgan fingerprint density at radius 3 is 1.80 bits per heavy atom. The van der Waals surface area contributed by atoms with Gasteiger partial charge in [-0.05, 0) is 60.8 Å². The molecule has 2 amide bonds. The van der Waals surface area contributed by atoms with Gasteiger partial charge in [0.25, 0.3) is 20.0 Å². The molecule has 5 N–H and O–H groups in total. The first-order valence-corrected chi connectivity index (χ1v) is 15.5. The van der Waals surface area contributed by atoms with Crippen molar-refractivity contribution in [3.63, 3.8) is 0 Å². The maximum absolute atomic E-state index is 12.5. The van der Waals surface area contributed by atoms with Crippen molar-refractivity contribution in [2.75, 3.05) is 5.32 Å². The average Bonchev–Trinajstić information content (AvgIpc) is 3.64. The van der Waals surface area contributed by atoms with Crippen molar-refractivity contribution in [3.05, 3.63) is 51.8 Å². The van der Waals surface area contributed by atoms with Crippen LogP contribution >= 0.6 is 0 Å². The smallest absolute Gasteiger partial charge is 0.354 e. The summed E-state index contributed by atoms with van der Waals surface area (Å²) in [6, 6.07) is 3.40. The molecular formula is C24H29N7O8S2. The summed E-state index contributed by atoms with van der Waals surface area (Å²) >= 11 is 0. The Morgan fingerprint density at radius 1 is 0.854 bits per heavy atom. The summed E-state index contributed by atoms with van der Waals surface area (Å²) in [4.78, 5) is 34.5.